The Balaban J connectivity index is 1.94. The van der Waals surface area contributed by atoms with Gasteiger partial charge in [-0.2, -0.15) is 0 Å². The van der Waals surface area contributed by atoms with Crippen molar-refractivity contribution in [1.82, 2.24) is 9.97 Å². The van der Waals surface area contributed by atoms with Gasteiger partial charge in [0, 0.05) is 20.1 Å². The lowest BCUT2D eigenvalue weighted by Crippen LogP contribution is -2.02. The number of benzene rings is 2. The zero-order valence-electron chi connectivity index (χ0n) is 12.5. The Labute approximate surface area is 160 Å². The van der Waals surface area contributed by atoms with E-state index >= 15 is 0 Å². The van der Waals surface area contributed by atoms with Crippen LogP contribution in [0.5, 0.6) is 0 Å². The molecule has 0 fully saturated rings. The van der Waals surface area contributed by atoms with E-state index in [0.717, 1.165) is 9.37 Å². The second kappa shape index (κ2) is 7.81. The Kier molecular flexibility index (Phi) is 5.52. The van der Waals surface area contributed by atoms with E-state index in [-0.39, 0.29) is 16.5 Å². The van der Waals surface area contributed by atoms with Gasteiger partial charge in [0.15, 0.2) is 5.03 Å². The van der Waals surface area contributed by atoms with Crippen LogP contribution >= 0.6 is 39.3 Å². The fraction of sp³-hybridized carbons (Fsp3) is 0. The maximum absolute atomic E-state index is 11.6. The van der Waals surface area contributed by atoms with Crippen LogP contribution < -0.4 is 5.32 Å². The van der Waals surface area contributed by atoms with Gasteiger partial charge < -0.3 is 5.32 Å². The summed E-state index contributed by atoms with van der Waals surface area (Å²) in [5, 5.41) is 15.4. The molecule has 0 radical (unpaired) electrons. The molecule has 1 heterocycles. The first-order chi connectivity index (χ1) is 12.0. The molecule has 0 unspecified atom stereocenters. The third kappa shape index (κ3) is 4.47. The van der Waals surface area contributed by atoms with Crippen LogP contribution in [0.3, 0.4) is 0 Å². The second-order valence-electron chi connectivity index (χ2n) is 4.82. The number of nitro groups is 1. The summed E-state index contributed by atoms with van der Waals surface area (Å²) < 4.78 is 0.911. The molecular weight excluding hydrogens is 428 g/mol. The lowest BCUT2D eigenvalue weighted by molar-refractivity contribution is -0.387. The molecule has 0 aliphatic rings. The van der Waals surface area contributed by atoms with Crippen LogP contribution in [0.25, 0.3) is 0 Å². The van der Waals surface area contributed by atoms with Crippen molar-refractivity contribution in [2.45, 2.75) is 9.92 Å². The zero-order chi connectivity index (χ0) is 17.8. The molecule has 0 saturated carbocycles. The van der Waals surface area contributed by atoms with Crippen LogP contribution in [0, 0.1) is 10.1 Å². The predicted molar refractivity (Wildman–Crippen MR) is 102 cm³/mol. The van der Waals surface area contributed by atoms with Gasteiger partial charge in [-0.1, -0.05) is 39.3 Å². The van der Waals surface area contributed by atoms with Crippen LogP contribution in [-0.2, 0) is 0 Å². The molecule has 126 valence electrons. The fourth-order valence-corrected chi connectivity index (χ4v) is 3.23. The van der Waals surface area contributed by atoms with Gasteiger partial charge in [-0.15, -0.1) is 0 Å². The fourth-order valence-electron chi connectivity index (χ4n) is 1.98. The van der Waals surface area contributed by atoms with Crippen molar-refractivity contribution in [1.29, 1.82) is 0 Å². The first-order valence-electron chi connectivity index (χ1n) is 6.98. The van der Waals surface area contributed by atoms with Crippen LogP contribution in [0.2, 0.25) is 5.02 Å². The van der Waals surface area contributed by atoms with Crippen molar-refractivity contribution in [2.24, 2.45) is 0 Å². The summed E-state index contributed by atoms with van der Waals surface area (Å²) in [6.07, 6.45) is 1.30. The van der Waals surface area contributed by atoms with E-state index in [1.807, 2.05) is 12.1 Å². The molecule has 0 aliphatic heterocycles. The minimum atomic E-state index is -0.487. The van der Waals surface area contributed by atoms with Gasteiger partial charge in [0.2, 0.25) is 5.82 Å². The Morgan fingerprint density at radius 1 is 1.08 bits per heavy atom. The molecule has 9 heteroatoms. The highest BCUT2D eigenvalue weighted by Crippen LogP contribution is 2.37. The van der Waals surface area contributed by atoms with Gasteiger partial charge in [0.25, 0.3) is 0 Å². The van der Waals surface area contributed by atoms with E-state index in [1.165, 1.54) is 18.1 Å². The van der Waals surface area contributed by atoms with Crippen molar-refractivity contribution >= 4 is 56.5 Å². The molecule has 0 atom stereocenters. The lowest BCUT2D eigenvalue weighted by atomic mass is 10.3. The number of anilines is 2. The van der Waals surface area contributed by atoms with E-state index < -0.39 is 4.92 Å². The van der Waals surface area contributed by atoms with Crippen molar-refractivity contribution in [3.05, 3.63) is 74.5 Å². The zero-order valence-corrected chi connectivity index (χ0v) is 15.7. The molecule has 0 bridgehead atoms. The molecule has 0 aliphatic carbocycles. The average Bonchev–Trinajstić information content (AvgIpc) is 2.59. The van der Waals surface area contributed by atoms with Crippen molar-refractivity contribution < 1.29 is 4.92 Å². The standard InChI is InChI=1S/C16H10BrClN4O2S/c17-10-1-5-12(6-2-10)21-15-14(22(23)24)16(20-9-19-15)25-13-7-3-11(18)4-8-13/h1-9H,(H,19,20,21). The third-order valence-corrected chi connectivity index (χ3v) is 4.89. The van der Waals surface area contributed by atoms with Crippen molar-refractivity contribution in [3.63, 3.8) is 0 Å². The number of nitrogens with zero attached hydrogens (tertiary/aromatic N) is 3. The summed E-state index contributed by atoms with van der Waals surface area (Å²) in [5.41, 5.74) is 0.512. The number of rotatable bonds is 5. The topological polar surface area (TPSA) is 81.0 Å². The van der Waals surface area contributed by atoms with Crippen LogP contribution in [0.1, 0.15) is 0 Å². The maximum atomic E-state index is 11.6. The largest absolute Gasteiger partial charge is 0.343 e. The Morgan fingerprint density at radius 3 is 2.40 bits per heavy atom. The molecule has 0 amide bonds. The number of nitrogens with one attached hydrogen (secondary N) is 1. The van der Waals surface area contributed by atoms with Crippen molar-refractivity contribution in [3.8, 4) is 0 Å². The summed E-state index contributed by atoms with van der Waals surface area (Å²) in [6.45, 7) is 0. The summed E-state index contributed by atoms with van der Waals surface area (Å²) in [5.74, 6) is 0.138. The quantitative estimate of drug-likeness (QED) is 0.313. The summed E-state index contributed by atoms with van der Waals surface area (Å²) in [6, 6.07) is 14.2. The Hall–Kier alpha value is -2.16. The molecule has 0 saturated heterocycles. The minimum absolute atomic E-state index is 0.138. The van der Waals surface area contributed by atoms with E-state index in [0.29, 0.717) is 10.7 Å². The number of halogens is 2. The van der Waals surface area contributed by atoms with Gasteiger partial charge in [-0.3, -0.25) is 10.1 Å². The summed E-state index contributed by atoms with van der Waals surface area (Å²) in [7, 11) is 0. The van der Waals surface area contributed by atoms with Crippen LogP contribution in [-0.4, -0.2) is 14.9 Å². The molecule has 3 aromatic rings. The first-order valence-corrected chi connectivity index (χ1v) is 8.97. The van der Waals surface area contributed by atoms with E-state index in [2.05, 4.69) is 31.2 Å². The first kappa shape index (κ1) is 17.7. The minimum Gasteiger partial charge on any atom is -0.334 e. The highest BCUT2D eigenvalue weighted by atomic mass is 79.9. The molecule has 2 aromatic carbocycles. The van der Waals surface area contributed by atoms with Crippen LogP contribution in [0.4, 0.5) is 17.2 Å². The van der Waals surface area contributed by atoms with E-state index in [9.17, 15) is 10.1 Å². The highest BCUT2D eigenvalue weighted by molar-refractivity contribution is 9.10. The van der Waals surface area contributed by atoms with Gasteiger partial charge >= 0.3 is 5.69 Å². The molecule has 6 nitrogen and oxygen atoms in total. The van der Waals surface area contributed by atoms with Gasteiger partial charge in [-0.05, 0) is 48.5 Å². The normalized spacial score (nSPS) is 10.5. The predicted octanol–water partition coefficient (Wildman–Crippen LogP) is 5.70. The maximum Gasteiger partial charge on any atom is 0.343 e. The number of hydrogen-bond acceptors (Lipinski definition) is 6. The molecule has 0 spiro atoms. The summed E-state index contributed by atoms with van der Waals surface area (Å²) >= 11 is 10.4. The Morgan fingerprint density at radius 2 is 1.76 bits per heavy atom. The third-order valence-electron chi connectivity index (χ3n) is 3.11. The Bertz CT molecular complexity index is 841. The average molecular weight is 438 g/mol. The molecule has 3 rings (SSSR count). The number of aromatic nitrogens is 2. The van der Waals surface area contributed by atoms with Crippen molar-refractivity contribution in [2.75, 3.05) is 5.32 Å². The summed E-state index contributed by atoms with van der Waals surface area (Å²) in [4.78, 5) is 20.0. The molecule has 25 heavy (non-hydrogen) atoms. The number of hydrogen-bond donors (Lipinski definition) is 1. The second-order valence-corrected chi connectivity index (χ2v) is 7.24. The molecule has 1 N–H and O–H groups in total. The van der Waals surface area contributed by atoms with Crippen LogP contribution in [0.15, 0.2) is 69.3 Å². The highest BCUT2D eigenvalue weighted by Gasteiger charge is 2.24. The smallest absolute Gasteiger partial charge is 0.334 e. The molecule has 1 aromatic heterocycles. The van der Waals surface area contributed by atoms with E-state index in [1.54, 1.807) is 36.4 Å². The van der Waals surface area contributed by atoms with E-state index in [4.69, 9.17) is 11.6 Å². The monoisotopic (exact) mass is 436 g/mol. The van der Waals surface area contributed by atoms with Gasteiger partial charge in [0.05, 0.1) is 4.92 Å². The SMILES string of the molecule is O=[N+]([O-])c1c(Nc2ccc(Br)cc2)ncnc1Sc1ccc(Cl)cc1. The van der Waals surface area contributed by atoms with Gasteiger partial charge in [-0.25, -0.2) is 9.97 Å². The van der Waals surface area contributed by atoms with Gasteiger partial charge in [0.1, 0.15) is 6.33 Å². The lowest BCUT2D eigenvalue weighted by Gasteiger charge is -2.08. The molecular formula is C16H10BrClN4O2S.